The minimum absolute atomic E-state index is 0.0506. The average Bonchev–Trinajstić information content (AvgIpc) is 3.20. The zero-order valence-corrected chi connectivity index (χ0v) is 14.2. The van der Waals surface area contributed by atoms with E-state index < -0.39 is 0 Å². The lowest BCUT2D eigenvalue weighted by atomic mass is 9.98. The summed E-state index contributed by atoms with van der Waals surface area (Å²) in [5.74, 6) is -0.0506. The molecule has 2 fully saturated rings. The molecule has 2 unspecified atom stereocenters. The SMILES string of the molecule is CN1C2CCC1CC(NC(=O)c1csc(-c3cnn(C)c3)n1)C2. The standard InChI is InChI=1S/C16H21N5OS/c1-20-8-10(7-17-20)16-19-14(9-23-16)15(22)18-11-5-12-3-4-13(6-11)21(12)2/h7-9,11-13H,3-6H2,1-2H3,(H,18,22). The van der Waals surface area contributed by atoms with Gasteiger partial charge in [-0.3, -0.25) is 9.48 Å². The van der Waals surface area contributed by atoms with E-state index in [2.05, 4.69) is 27.3 Å². The van der Waals surface area contributed by atoms with E-state index in [-0.39, 0.29) is 11.9 Å². The van der Waals surface area contributed by atoms with Gasteiger partial charge in [0.25, 0.3) is 5.91 Å². The lowest BCUT2D eigenvalue weighted by Crippen LogP contribution is -2.48. The molecule has 4 rings (SSSR count). The van der Waals surface area contributed by atoms with Crippen molar-refractivity contribution in [2.24, 2.45) is 7.05 Å². The fourth-order valence-electron chi connectivity index (χ4n) is 3.83. The largest absolute Gasteiger partial charge is 0.348 e. The van der Waals surface area contributed by atoms with Crippen LogP contribution in [0.3, 0.4) is 0 Å². The summed E-state index contributed by atoms with van der Waals surface area (Å²) in [6, 6.07) is 1.53. The molecular formula is C16H21N5OS. The molecule has 7 heteroatoms. The summed E-state index contributed by atoms with van der Waals surface area (Å²) in [5.41, 5.74) is 1.47. The predicted octanol–water partition coefficient (Wildman–Crippen LogP) is 1.90. The third-order valence-electron chi connectivity index (χ3n) is 5.12. The Labute approximate surface area is 139 Å². The van der Waals surface area contributed by atoms with Crippen LogP contribution in [0.25, 0.3) is 10.6 Å². The highest BCUT2D eigenvalue weighted by atomic mass is 32.1. The summed E-state index contributed by atoms with van der Waals surface area (Å²) in [6.07, 6.45) is 8.31. The third-order valence-corrected chi connectivity index (χ3v) is 6.01. The molecule has 2 aliphatic rings. The molecule has 6 nitrogen and oxygen atoms in total. The quantitative estimate of drug-likeness (QED) is 0.933. The predicted molar refractivity (Wildman–Crippen MR) is 89.4 cm³/mol. The van der Waals surface area contributed by atoms with Crippen molar-refractivity contribution in [2.45, 2.75) is 43.8 Å². The van der Waals surface area contributed by atoms with Gasteiger partial charge in [0.05, 0.1) is 6.20 Å². The molecule has 0 spiro atoms. The van der Waals surface area contributed by atoms with Gasteiger partial charge < -0.3 is 10.2 Å². The maximum Gasteiger partial charge on any atom is 0.270 e. The molecule has 2 atom stereocenters. The summed E-state index contributed by atoms with van der Waals surface area (Å²) in [6.45, 7) is 0. The van der Waals surface area contributed by atoms with Crippen LogP contribution in [-0.4, -0.2) is 50.7 Å². The van der Waals surface area contributed by atoms with E-state index in [1.165, 1.54) is 24.2 Å². The first-order valence-electron chi connectivity index (χ1n) is 8.07. The van der Waals surface area contributed by atoms with Crippen LogP contribution in [0.4, 0.5) is 0 Å². The van der Waals surface area contributed by atoms with Crippen LogP contribution in [0.5, 0.6) is 0 Å². The second kappa shape index (κ2) is 5.72. The van der Waals surface area contributed by atoms with Crippen molar-refractivity contribution < 1.29 is 4.79 Å². The second-order valence-corrected chi connectivity index (χ2v) is 7.49. The summed E-state index contributed by atoms with van der Waals surface area (Å²) in [4.78, 5) is 19.4. The molecule has 2 saturated heterocycles. The highest BCUT2D eigenvalue weighted by Crippen LogP contribution is 2.34. The molecule has 1 N–H and O–H groups in total. The number of rotatable bonds is 3. The summed E-state index contributed by atoms with van der Waals surface area (Å²) >= 11 is 1.49. The highest BCUT2D eigenvalue weighted by Gasteiger charge is 2.38. The van der Waals surface area contributed by atoms with E-state index in [9.17, 15) is 4.79 Å². The molecule has 0 saturated carbocycles. The number of fused-ring (bicyclic) bond motifs is 2. The van der Waals surface area contributed by atoms with Crippen molar-refractivity contribution in [3.63, 3.8) is 0 Å². The minimum Gasteiger partial charge on any atom is -0.348 e. The van der Waals surface area contributed by atoms with E-state index in [0.29, 0.717) is 17.8 Å². The number of hydrogen-bond donors (Lipinski definition) is 1. The van der Waals surface area contributed by atoms with Gasteiger partial charge in [-0.1, -0.05) is 0 Å². The van der Waals surface area contributed by atoms with Crippen LogP contribution in [0.15, 0.2) is 17.8 Å². The summed E-state index contributed by atoms with van der Waals surface area (Å²) < 4.78 is 1.74. The van der Waals surface area contributed by atoms with Gasteiger partial charge in [0.1, 0.15) is 10.7 Å². The third kappa shape index (κ3) is 2.79. The molecule has 4 heterocycles. The van der Waals surface area contributed by atoms with E-state index in [1.807, 2.05) is 18.6 Å². The first-order chi connectivity index (χ1) is 11.1. The topological polar surface area (TPSA) is 63.1 Å². The number of amides is 1. The molecule has 23 heavy (non-hydrogen) atoms. The normalized spacial score (nSPS) is 27.3. The fraction of sp³-hybridized carbons (Fsp3) is 0.562. The van der Waals surface area contributed by atoms with Gasteiger partial charge in [-0.25, -0.2) is 4.98 Å². The van der Waals surface area contributed by atoms with Gasteiger partial charge in [0.2, 0.25) is 0 Å². The Hall–Kier alpha value is -1.73. The first-order valence-corrected chi connectivity index (χ1v) is 8.95. The average molecular weight is 331 g/mol. The van der Waals surface area contributed by atoms with Gasteiger partial charge in [-0.2, -0.15) is 5.10 Å². The van der Waals surface area contributed by atoms with Crippen LogP contribution in [0, 0.1) is 0 Å². The van der Waals surface area contributed by atoms with Gasteiger partial charge in [-0.15, -0.1) is 11.3 Å². The Kier molecular flexibility index (Phi) is 3.69. The highest BCUT2D eigenvalue weighted by molar-refractivity contribution is 7.13. The van der Waals surface area contributed by atoms with Crippen LogP contribution < -0.4 is 5.32 Å². The number of thiazole rings is 1. The molecule has 2 aromatic rings. The van der Waals surface area contributed by atoms with Gasteiger partial charge in [0.15, 0.2) is 0 Å². The Balaban J connectivity index is 1.43. The lowest BCUT2D eigenvalue weighted by Gasteiger charge is -2.36. The second-order valence-electron chi connectivity index (χ2n) is 6.63. The van der Waals surface area contributed by atoms with Crippen molar-refractivity contribution in [2.75, 3.05) is 7.05 Å². The zero-order chi connectivity index (χ0) is 16.0. The van der Waals surface area contributed by atoms with Crippen molar-refractivity contribution in [1.82, 2.24) is 25.0 Å². The van der Waals surface area contributed by atoms with E-state index in [1.54, 1.807) is 10.9 Å². The molecular weight excluding hydrogens is 310 g/mol. The number of piperidine rings is 1. The molecule has 2 aromatic heterocycles. The fourth-order valence-corrected chi connectivity index (χ4v) is 4.61. The molecule has 122 valence electrons. The number of carbonyl (C=O) groups excluding carboxylic acids is 1. The van der Waals surface area contributed by atoms with Crippen molar-refractivity contribution >= 4 is 17.2 Å². The monoisotopic (exact) mass is 331 g/mol. The van der Waals surface area contributed by atoms with Crippen LogP contribution in [-0.2, 0) is 7.05 Å². The molecule has 0 aliphatic carbocycles. The molecule has 2 aliphatic heterocycles. The van der Waals surface area contributed by atoms with Crippen LogP contribution in [0.2, 0.25) is 0 Å². The van der Waals surface area contributed by atoms with E-state index in [0.717, 1.165) is 23.4 Å². The van der Waals surface area contributed by atoms with Crippen LogP contribution >= 0.6 is 11.3 Å². The Morgan fingerprint density at radius 3 is 2.70 bits per heavy atom. The number of aromatic nitrogens is 3. The maximum absolute atomic E-state index is 12.5. The summed E-state index contributed by atoms with van der Waals surface area (Å²) in [7, 11) is 4.08. The molecule has 0 aromatic carbocycles. The number of carbonyl (C=O) groups is 1. The molecule has 1 amide bonds. The Morgan fingerprint density at radius 2 is 2.04 bits per heavy atom. The van der Waals surface area contributed by atoms with Crippen molar-refractivity contribution in [1.29, 1.82) is 0 Å². The first kappa shape index (κ1) is 14.8. The molecule has 0 radical (unpaired) electrons. The van der Waals surface area contributed by atoms with Gasteiger partial charge in [-0.05, 0) is 32.7 Å². The summed E-state index contributed by atoms with van der Waals surface area (Å²) in [5, 5.41) is 10.0. The number of nitrogens with zero attached hydrogens (tertiary/aromatic N) is 4. The lowest BCUT2D eigenvalue weighted by molar-refractivity contribution is 0.0878. The number of aryl methyl sites for hydroxylation is 1. The minimum atomic E-state index is -0.0506. The smallest absolute Gasteiger partial charge is 0.270 e. The van der Waals surface area contributed by atoms with Crippen molar-refractivity contribution in [3.05, 3.63) is 23.5 Å². The maximum atomic E-state index is 12.5. The van der Waals surface area contributed by atoms with E-state index >= 15 is 0 Å². The Morgan fingerprint density at radius 1 is 1.30 bits per heavy atom. The zero-order valence-electron chi connectivity index (χ0n) is 13.4. The van der Waals surface area contributed by atoms with Gasteiger partial charge >= 0.3 is 0 Å². The van der Waals surface area contributed by atoms with Gasteiger partial charge in [0, 0.05) is 42.3 Å². The Bertz CT molecular complexity index is 710. The number of hydrogen-bond acceptors (Lipinski definition) is 5. The van der Waals surface area contributed by atoms with E-state index in [4.69, 9.17) is 0 Å². The van der Waals surface area contributed by atoms with Crippen LogP contribution in [0.1, 0.15) is 36.2 Å². The van der Waals surface area contributed by atoms with Crippen molar-refractivity contribution in [3.8, 4) is 10.6 Å². The number of nitrogens with one attached hydrogen (secondary N) is 1. The molecule has 2 bridgehead atoms.